The molecule has 1 aliphatic heterocycles. The Morgan fingerprint density at radius 1 is 1.26 bits per heavy atom. The molecule has 0 spiro atoms. The number of benzene rings is 1. The molecule has 1 fully saturated rings. The van der Waals surface area contributed by atoms with Crippen molar-refractivity contribution in [2.75, 3.05) is 13.1 Å². The highest BCUT2D eigenvalue weighted by Gasteiger charge is 2.48. The van der Waals surface area contributed by atoms with Crippen molar-refractivity contribution >= 4 is 22.6 Å². The number of hydrogen-bond acceptors (Lipinski definition) is 3. The van der Waals surface area contributed by atoms with Gasteiger partial charge in [0.15, 0.2) is 0 Å². The van der Waals surface area contributed by atoms with E-state index in [4.69, 9.17) is 0 Å². The first kappa shape index (κ1) is 15.5. The van der Waals surface area contributed by atoms with Crippen LogP contribution in [-0.2, 0) is 4.79 Å². The topological polar surface area (TPSA) is 70.5 Å². The van der Waals surface area contributed by atoms with Crippen LogP contribution >= 0.6 is 0 Å². The zero-order valence-electron chi connectivity index (χ0n) is 13.3. The Labute approximate surface area is 134 Å². The van der Waals surface area contributed by atoms with Crippen LogP contribution in [0.25, 0.3) is 10.8 Å². The quantitative estimate of drug-likeness (QED) is 0.946. The number of rotatable bonds is 3. The zero-order valence-corrected chi connectivity index (χ0v) is 13.3. The third-order valence-corrected chi connectivity index (χ3v) is 5.02. The second-order valence-electron chi connectivity index (χ2n) is 6.50. The molecule has 0 aliphatic carbocycles. The second-order valence-corrected chi connectivity index (χ2v) is 6.50. The first-order valence-electron chi connectivity index (χ1n) is 7.81. The summed E-state index contributed by atoms with van der Waals surface area (Å²) in [6.07, 6.45) is 3.79. The third kappa shape index (κ3) is 2.46. The molecule has 0 bridgehead atoms. The Kier molecular flexibility index (Phi) is 3.80. The number of hydrogen-bond donors (Lipinski definition) is 1. The van der Waals surface area contributed by atoms with Crippen LogP contribution in [0.2, 0.25) is 0 Å². The van der Waals surface area contributed by atoms with Gasteiger partial charge in [-0.2, -0.15) is 0 Å². The number of carbonyl (C=O) groups excluding carboxylic acids is 1. The summed E-state index contributed by atoms with van der Waals surface area (Å²) in [5.41, 5.74) is -0.318. The average molecular weight is 312 g/mol. The van der Waals surface area contributed by atoms with E-state index in [-0.39, 0.29) is 18.4 Å². The van der Waals surface area contributed by atoms with Gasteiger partial charge in [-0.05, 0) is 17.7 Å². The summed E-state index contributed by atoms with van der Waals surface area (Å²) in [5, 5.41) is 11.4. The number of aliphatic carboxylic acids is 1. The molecule has 23 heavy (non-hydrogen) atoms. The Bertz CT molecular complexity index is 766. The minimum Gasteiger partial charge on any atom is -0.481 e. The number of carboxylic acids is 1. The first-order chi connectivity index (χ1) is 11.0. The number of likely N-dealkylation sites (tertiary alicyclic amines) is 1. The van der Waals surface area contributed by atoms with Gasteiger partial charge in [0.2, 0.25) is 0 Å². The molecule has 1 aromatic carbocycles. The van der Waals surface area contributed by atoms with Gasteiger partial charge in [-0.15, -0.1) is 0 Å². The van der Waals surface area contributed by atoms with Gasteiger partial charge in [-0.25, -0.2) is 0 Å². The SMILES string of the molecule is CC(C)C1(C(=O)O)CCN(C(=O)c2cncc3ccccc23)C1. The summed E-state index contributed by atoms with van der Waals surface area (Å²) in [6.45, 7) is 4.53. The molecule has 5 nitrogen and oxygen atoms in total. The minimum absolute atomic E-state index is 0.0246. The van der Waals surface area contributed by atoms with Crippen LogP contribution in [0.15, 0.2) is 36.7 Å². The fourth-order valence-corrected chi connectivity index (χ4v) is 3.36. The van der Waals surface area contributed by atoms with Crippen molar-refractivity contribution in [1.29, 1.82) is 0 Å². The van der Waals surface area contributed by atoms with Crippen molar-refractivity contribution < 1.29 is 14.7 Å². The van der Waals surface area contributed by atoms with Gasteiger partial charge < -0.3 is 10.0 Å². The molecule has 1 unspecified atom stereocenters. The monoisotopic (exact) mass is 312 g/mol. The molecule has 2 heterocycles. The first-order valence-corrected chi connectivity index (χ1v) is 7.81. The lowest BCUT2D eigenvalue weighted by molar-refractivity contribution is -0.150. The Balaban J connectivity index is 1.94. The lowest BCUT2D eigenvalue weighted by Crippen LogP contribution is -2.40. The number of aromatic nitrogens is 1. The molecule has 1 N–H and O–H groups in total. The fraction of sp³-hybridized carbons (Fsp3) is 0.389. The highest BCUT2D eigenvalue weighted by atomic mass is 16.4. The van der Waals surface area contributed by atoms with Crippen LogP contribution in [0.3, 0.4) is 0 Å². The van der Waals surface area contributed by atoms with Gasteiger partial charge in [0.1, 0.15) is 0 Å². The van der Waals surface area contributed by atoms with Crippen molar-refractivity contribution in [2.45, 2.75) is 20.3 Å². The molecule has 0 radical (unpaired) electrons. The highest BCUT2D eigenvalue weighted by molar-refractivity contribution is 6.06. The van der Waals surface area contributed by atoms with Crippen LogP contribution in [0.5, 0.6) is 0 Å². The van der Waals surface area contributed by atoms with E-state index in [0.29, 0.717) is 18.5 Å². The van der Waals surface area contributed by atoms with Gasteiger partial charge in [-0.3, -0.25) is 14.6 Å². The van der Waals surface area contributed by atoms with Crippen molar-refractivity contribution in [3.63, 3.8) is 0 Å². The lowest BCUT2D eigenvalue weighted by Gasteiger charge is -2.28. The Hall–Kier alpha value is -2.43. The highest BCUT2D eigenvalue weighted by Crippen LogP contribution is 2.39. The zero-order chi connectivity index (χ0) is 16.6. The molecule has 1 aliphatic rings. The summed E-state index contributed by atoms with van der Waals surface area (Å²) in [7, 11) is 0. The number of pyridine rings is 1. The van der Waals surface area contributed by atoms with Crippen molar-refractivity contribution in [2.24, 2.45) is 11.3 Å². The molecule has 2 aromatic rings. The summed E-state index contributed by atoms with van der Waals surface area (Å²) in [4.78, 5) is 30.4. The smallest absolute Gasteiger partial charge is 0.311 e. The Morgan fingerprint density at radius 3 is 2.65 bits per heavy atom. The van der Waals surface area contributed by atoms with E-state index in [1.165, 1.54) is 0 Å². The molecule has 1 amide bonds. The van der Waals surface area contributed by atoms with E-state index in [9.17, 15) is 14.7 Å². The van der Waals surface area contributed by atoms with E-state index in [1.54, 1.807) is 17.3 Å². The summed E-state index contributed by atoms with van der Waals surface area (Å²) >= 11 is 0. The molecule has 5 heteroatoms. The molecule has 1 aromatic heterocycles. The van der Waals surface area contributed by atoms with Crippen molar-refractivity contribution in [3.8, 4) is 0 Å². The van der Waals surface area contributed by atoms with E-state index >= 15 is 0 Å². The van der Waals surface area contributed by atoms with E-state index in [0.717, 1.165) is 10.8 Å². The van der Waals surface area contributed by atoms with Crippen LogP contribution in [0.4, 0.5) is 0 Å². The van der Waals surface area contributed by atoms with Crippen molar-refractivity contribution in [3.05, 3.63) is 42.2 Å². The van der Waals surface area contributed by atoms with Gasteiger partial charge in [-0.1, -0.05) is 38.1 Å². The number of carboxylic acid groups (broad SMARTS) is 1. The predicted octanol–water partition coefficient (Wildman–Crippen LogP) is 2.81. The Morgan fingerprint density at radius 2 is 2.00 bits per heavy atom. The molecule has 0 saturated carbocycles. The molecule has 1 saturated heterocycles. The summed E-state index contributed by atoms with van der Waals surface area (Å²) in [6, 6.07) is 7.60. The average Bonchev–Trinajstić information content (AvgIpc) is 3.00. The van der Waals surface area contributed by atoms with Crippen LogP contribution in [0.1, 0.15) is 30.6 Å². The number of nitrogens with zero attached hydrogens (tertiary/aromatic N) is 2. The summed E-state index contributed by atoms with van der Waals surface area (Å²) < 4.78 is 0. The van der Waals surface area contributed by atoms with E-state index in [2.05, 4.69) is 4.98 Å². The largest absolute Gasteiger partial charge is 0.481 e. The molecular weight excluding hydrogens is 292 g/mol. The third-order valence-electron chi connectivity index (χ3n) is 5.02. The maximum atomic E-state index is 12.9. The molecule has 3 rings (SSSR count). The van der Waals surface area contributed by atoms with Crippen LogP contribution in [0, 0.1) is 11.3 Å². The molecule has 120 valence electrons. The maximum Gasteiger partial charge on any atom is 0.311 e. The normalized spacial score (nSPS) is 21.1. The second kappa shape index (κ2) is 5.65. The number of fused-ring (bicyclic) bond motifs is 1. The van der Waals surface area contributed by atoms with Crippen molar-refractivity contribution in [1.82, 2.24) is 9.88 Å². The minimum atomic E-state index is -0.853. The number of amides is 1. The molecular formula is C18H20N2O3. The van der Waals surface area contributed by atoms with Gasteiger partial charge in [0.25, 0.3) is 5.91 Å². The molecule has 1 atom stereocenters. The van der Waals surface area contributed by atoms with Crippen LogP contribution < -0.4 is 0 Å². The summed E-state index contributed by atoms with van der Waals surface area (Å²) in [5.74, 6) is -0.986. The lowest BCUT2D eigenvalue weighted by atomic mass is 9.76. The standard InChI is InChI=1S/C18H20N2O3/c1-12(2)18(17(22)23)7-8-20(11-18)16(21)15-10-19-9-13-5-3-4-6-14(13)15/h3-6,9-10,12H,7-8,11H2,1-2H3,(H,22,23). The maximum absolute atomic E-state index is 12.9. The van der Waals surface area contributed by atoms with Crippen LogP contribution in [-0.4, -0.2) is 40.0 Å². The van der Waals surface area contributed by atoms with Gasteiger partial charge in [0.05, 0.1) is 11.0 Å². The van der Waals surface area contributed by atoms with Gasteiger partial charge in [0, 0.05) is 30.9 Å². The number of carbonyl (C=O) groups is 2. The van der Waals surface area contributed by atoms with Gasteiger partial charge >= 0.3 is 5.97 Å². The predicted molar refractivity (Wildman–Crippen MR) is 87.2 cm³/mol. The fourth-order valence-electron chi connectivity index (χ4n) is 3.36. The van der Waals surface area contributed by atoms with E-state index < -0.39 is 11.4 Å². The van der Waals surface area contributed by atoms with E-state index in [1.807, 2.05) is 38.1 Å².